The quantitative estimate of drug-likeness (QED) is 0.623. The Morgan fingerprint density at radius 1 is 0.960 bits per heavy atom. The van der Waals surface area contributed by atoms with E-state index in [1.165, 1.54) is 38.8 Å². The van der Waals surface area contributed by atoms with Gasteiger partial charge in [0.05, 0.1) is 11.2 Å². The van der Waals surface area contributed by atoms with Crippen molar-refractivity contribution in [2.24, 2.45) is 0 Å². The largest absolute Gasteiger partial charge is 0.384 e. The molecule has 2 bridgehead atoms. The first-order chi connectivity index (χ1) is 12.1. The van der Waals surface area contributed by atoms with E-state index in [-0.39, 0.29) is 5.41 Å². The Morgan fingerprint density at radius 2 is 1.72 bits per heavy atom. The lowest BCUT2D eigenvalue weighted by atomic mass is 9.74. The lowest BCUT2D eigenvalue weighted by Gasteiger charge is -2.33. The van der Waals surface area contributed by atoms with Gasteiger partial charge in [-0.05, 0) is 49.4 Å². The summed E-state index contributed by atoms with van der Waals surface area (Å²) < 4.78 is 0. The Balaban J connectivity index is 2.18. The van der Waals surface area contributed by atoms with Crippen molar-refractivity contribution in [1.82, 2.24) is 4.98 Å². The summed E-state index contributed by atoms with van der Waals surface area (Å²) in [7, 11) is 0. The number of anilines is 1. The number of aromatic nitrogens is 1. The van der Waals surface area contributed by atoms with E-state index >= 15 is 0 Å². The molecule has 1 aliphatic rings. The molecule has 128 valence electrons. The van der Waals surface area contributed by atoms with E-state index in [9.17, 15) is 0 Å². The Morgan fingerprint density at radius 3 is 2.48 bits per heavy atom. The highest BCUT2D eigenvalue weighted by Gasteiger charge is 2.32. The van der Waals surface area contributed by atoms with Gasteiger partial charge in [0.1, 0.15) is 0 Å². The standard InChI is InChI=1S/C23H26N2/c1-5-23(6-2)14-24-20-13-8-7-10-18(20)21-16(4)15(3)17-11-9-12-19(23)22(17)25-21/h7-13,24H,5-6,14H2,1-4H3. The van der Waals surface area contributed by atoms with Crippen LogP contribution < -0.4 is 5.32 Å². The summed E-state index contributed by atoms with van der Waals surface area (Å²) in [6.07, 6.45) is 2.20. The van der Waals surface area contributed by atoms with Crippen molar-refractivity contribution < 1.29 is 0 Å². The topological polar surface area (TPSA) is 24.9 Å². The molecule has 1 aromatic heterocycles. The summed E-state index contributed by atoms with van der Waals surface area (Å²) in [5.41, 5.74) is 8.81. The third kappa shape index (κ3) is 2.27. The van der Waals surface area contributed by atoms with E-state index in [1.54, 1.807) is 0 Å². The van der Waals surface area contributed by atoms with Crippen LogP contribution in [0.15, 0.2) is 42.5 Å². The highest BCUT2D eigenvalue weighted by molar-refractivity contribution is 5.92. The van der Waals surface area contributed by atoms with Gasteiger partial charge in [-0.2, -0.15) is 0 Å². The molecule has 0 spiro atoms. The average Bonchev–Trinajstić information content (AvgIpc) is 2.71. The molecular weight excluding hydrogens is 304 g/mol. The van der Waals surface area contributed by atoms with E-state index in [1.807, 2.05) is 0 Å². The van der Waals surface area contributed by atoms with Crippen molar-refractivity contribution in [2.45, 2.75) is 46.0 Å². The highest BCUT2D eigenvalue weighted by atomic mass is 14.9. The first kappa shape index (κ1) is 16.1. The van der Waals surface area contributed by atoms with Gasteiger partial charge in [0.25, 0.3) is 0 Å². The predicted molar refractivity (Wildman–Crippen MR) is 107 cm³/mol. The van der Waals surface area contributed by atoms with Gasteiger partial charge < -0.3 is 5.32 Å². The Bertz CT molecular complexity index is 952. The Hall–Kier alpha value is -2.35. The van der Waals surface area contributed by atoms with Crippen molar-refractivity contribution in [2.75, 3.05) is 11.9 Å². The molecule has 4 rings (SSSR count). The zero-order valence-electron chi connectivity index (χ0n) is 15.6. The Kier molecular flexibility index (Phi) is 3.79. The number of aryl methyl sites for hydroxylation is 1. The number of benzene rings is 2. The van der Waals surface area contributed by atoms with Crippen LogP contribution in [-0.4, -0.2) is 11.5 Å². The Labute approximate surface area is 150 Å². The number of para-hydroxylation sites is 2. The zero-order valence-corrected chi connectivity index (χ0v) is 15.6. The van der Waals surface area contributed by atoms with Crippen molar-refractivity contribution in [3.63, 3.8) is 0 Å². The first-order valence-corrected chi connectivity index (χ1v) is 9.35. The maximum Gasteiger partial charge on any atom is 0.0762 e. The predicted octanol–water partition coefficient (Wildman–Crippen LogP) is 6.00. The van der Waals surface area contributed by atoms with Gasteiger partial charge in [-0.15, -0.1) is 0 Å². The minimum Gasteiger partial charge on any atom is -0.384 e. The van der Waals surface area contributed by atoms with Crippen molar-refractivity contribution in [3.05, 3.63) is 59.2 Å². The number of fused-ring (bicyclic) bond motifs is 3. The van der Waals surface area contributed by atoms with Crippen LogP contribution in [0.3, 0.4) is 0 Å². The molecule has 0 amide bonds. The smallest absolute Gasteiger partial charge is 0.0762 e. The maximum absolute atomic E-state index is 5.23. The van der Waals surface area contributed by atoms with E-state index in [2.05, 4.69) is 75.5 Å². The molecule has 1 N–H and O–H groups in total. The van der Waals surface area contributed by atoms with Crippen molar-refractivity contribution >= 4 is 16.6 Å². The van der Waals surface area contributed by atoms with Crippen molar-refractivity contribution in [1.29, 1.82) is 0 Å². The highest BCUT2D eigenvalue weighted by Crippen LogP contribution is 2.41. The van der Waals surface area contributed by atoms with Gasteiger partial charge >= 0.3 is 0 Å². The van der Waals surface area contributed by atoms with Gasteiger partial charge in [-0.25, -0.2) is 4.98 Å². The molecule has 3 aromatic rings. The van der Waals surface area contributed by atoms with Crippen LogP contribution in [0.25, 0.3) is 22.2 Å². The normalized spacial score (nSPS) is 15.2. The summed E-state index contributed by atoms with van der Waals surface area (Å²) in [6.45, 7) is 9.98. The summed E-state index contributed by atoms with van der Waals surface area (Å²) in [6, 6.07) is 15.3. The monoisotopic (exact) mass is 330 g/mol. The molecule has 2 nitrogen and oxygen atoms in total. The molecule has 1 aliphatic heterocycles. The van der Waals surface area contributed by atoms with Crippen LogP contribution >= 0.6 is 0 Å². The molecule has 0 unspecified atom stereocenters. The number of pyridine rings is 1. The van der Waals surface area contributed by atoms with Gasteiger partial charge in [0.2, 0.25) is 0 Å². The van der Waals surface area contributed by atoms with Crippen LogP contribution in [0.1, 0.15) is 43.4 Å². The lowest BCUT2D eigenvalue weighted by molar-refractivity contribution is 0.422. The van der Waals surface area contributed by atoms with Crippen molar-refractivity contribution in [3.8, 4) is 11.3 Å². The van der Waals surface area contributed by atoms with Gasteiger partial charge in [-0.3, -0.25) is 0 Å². The van der Waals surface area contributed by atoms with E-state index in [4.69, 9.17) is 4.98 Å². The van der Waals surface area contributed by atoms with Crippen LogP contribution in [0.2, 0.25) is 0 Å². The second-order valence-corrected chi connectivity index (χ2v) is 7.30. The third-order valence-electron chi connectivity index (χ3n) is 6.31. The second-order valence-electron chi connectivity index (χ2n) is 7.30. The number of nitrogens with one attached hydrogen (secondary N) is 1. The van der Waals surface area contributed by atoms with Crippen LogP contribution in [0.5, 0.6) is 0 Å². The maximum atomic E-state index is 5.23. The number of rotatable bonds is 2. The zero-order chi connectivity index (χ0) is 17.6. The molecule has 0 radical (unpaired) electrons. The molecule has 2 heteroatoms. The third-order valence-corrected chi connectivity index (χ3v) is 6.31. The fourth-order valence-corrected chi connectivity index (χ4v) is 4.32. The fraction of sp³-hybridized carbons (Fsp3) is 0.348. The molecule has 25 heavy (non-hydrogen) atoms. The molecule has 2 heterocycles. The minimum absolute atomic E-state index is 0.100. The molecule has 0 saturated carbocycles. The number of nitrogens with zero attached hydrogens (tertiary/aromatic N) is 1. The minimum atomic E-state index is 0.100. The number of hydrogen-bond donors (Lipinski definition) is 1. The summed E-state index contributed by atoms with van der Waals surface area (Å²) in [4.78, 5) is 5.23. The van der Waals surface area contributed by atoms with E-state index < -0.39 is 0 Å². The molecule has 0 atom stereocenters. The summed E-state index contributed by atoms with van der Waals surface area (Å²) in [5, 5.41) is 5.05. The summed E-state index contributed by atoms with van der Waals surface area (Å²) >= 11 is 0. The molecule has 0 fully saturated rings. The number of hydrogen-bond acceptors (Lipinski definition) is 2. The van der Waals surface area contributed by atoms with Crippen LogP contribution in [0.4, 0.5) is 5.69 Å². The molecular formula is C23H26N2. The molecule has 2 aromatic carbocycles. The first-order valence-electron chi connectivity index (χ1n) is 9.35. The van der Waals surface area contributed by atoms with Gasteiger partial charge in [-0.1, -0.05) is 50.2 Å². The van der Waals surface area contributed by atoms with Crippen LogP contribution in [0, 0.1) is 13.8 Å². The summed E-state index contributed by atoms with van der Waals surface area (Å²) in [5.74, 6) is 0. The van der Waals surface area contributed by atoms with E-state index in [0.717, 1.165) is 25.1 Å². The fourth-order valence-electron chi connectivity index (χ4n) is 4.32. The average molecular weight is 330 g/mol. The molecule has 0 aliphatic carbocycles. The SMILES string of the molecule is CCC1(CC)CNc2ccccc2-c2nc3c1cccc3c(C)c2C. The van der Waals surface area contributed by atoms with Gasteiger partial charge in [0, 0.05) is 28.6 Å². The van der Waals surface area contributed by atoms with E-state index in [0.29, 0.717) is 0 Å². The van der Waals surface area contributed by atoms with Crippen LogP contribution in [-0.2, 0) is 5.41 Å². The molecule has 0 saturated heterocycles. The van der Waals surface area contributed by atoms with Gasteiger partial charge in [0.15, 0.2) is 0 Å². The lowest BCUT2D eigenvalue weighted by Crippen LogP contribution is -2.33. The second kappa shape index (κ2) is 5.87.